The summed E-state index contributed by atoms with van der Waals surface area (Å²) in [5.74, 6) is 0.747. The Hall–Kier alpha value is -3.17. The molecule has 0 unspecified atom stereocenters. The van der Waals surface area contributed by atoms with Crippen molar-refractivity contribution in [3.63, 3.8) is 0 Å². The summed E-state index contributed by atoms with van der Waals surface area (Å²) in [7, 11) is 0. The molecule has 0 radical (unpaired) electrons. The smallest absolute Gasteiger partial charge is 0.417 e. The number of furan rings is 1. The molecule has 0 spiro atoms. The number of ketones is 1. The van der Waals surface area contributed by atoms with Crippen molar-refractivity contribution in [2.45, 2.75) is 39.4 Å². The van der Waals surface area contributed by atoms with Crippen molar-refractivity contribution >= 4 is 17.3 Å². The van der Waals surface area contributed by atoms with Crippen LogP contribution in [0.15, 0.2) is 28.8 Å². The van der Waals surface area contributed by atoms with Gasteiger partial charge >= 0.3 is 6.18 Å². The van der Waals surface area contributed by atoms with E-state index >= 15 is 0 Å². The van der Waals surface area contributed by atoms with Gasteiger partial charge in [-0.05, 0) is 32.0 Å². The predicted molar refractivity (Wildman–Crippen MR) is 91.6 cm³/mol. The maximum absolute atomic E-state index is 12.9. The van der Waals surface area contributed by atoms with Crippen molar-refractivity contribution in [2.75, 3.05) is 0 Å². The highest BCUT2D eigenvalue weighted by Gasteiger charge is 2.31. The van der Waals surface area contributed by atoms with E-state index in [4.69, 9.17) is 4.42 Å². The number of nitrogens with zero attached hydrogens (tertiary/aromatic N) is 3. The summed E-state index contributed by atoms with van der Waals surface area (Å²) in [6.45, 7) is 3.03. The summed E-state index contributed by atoms with van der Waals surface area (Å²) in [5, 5.41) is 10.2. The van der Waals surface area contributed by atoms with E-state index < -0.39 is 11.7 Å². The number of rotatable bonds is 6. The zero-order valence-corrected chi connectivity index (χ0v) is 15.1. The fourth-order valence-electron chi connectivity index (χ4n) is 2.75. The second-order valence-corrected chi connectivity index (χ2v) is 6.28. The van der Waals surface area contributed by atoms with E-state index in [-0.39, 0.29) is 36.1 Å². The Balaban J connectivity index is 1.61. The molecule has 0 saturated heterocycles. The van der Waals surface area contributed by atoms with Crippen LogP contribution in [0.5, 0.6) is 0 Å². The minimum absolute atomic E-state index is 0.0722. The molecule has 3 rings (SSSR count). The zero-order valence-electron chi connectivity index (χ0n) is 15.1. The van der Waals surface area contributed by atoms with Gasteiger partial charge < -0.3 is 9.73 Å². The number of amides is 1. The fourth-order valence-corrected chi connectivity index (χ4v) is 2.75. The van der Waals surface area contributed by atoms with E-state index in [1.807, 2.05) is 0 Å². The molecular weight excluding hydrogens is 377 g/mol. The van der Waals surface area contributed by atoms with E-state index in [0.717, 1.165) is 12.3 Å². The minimum atomic E-state index is -4.49. The fraction of sp³-hybridized carbons (Fsp3) is 0.333. The van der Waals surface area contributed by atoms with Crippen LogP contribution in [0.3, 0.4) is 0 Å². The molecule has 3 aromatic rings. The molecule has 1 N–H and O–H groups in total. The van der Waals surface area contributed by atoms with Crippen LogP contribution < -0.4 is 5.32 Å². The first kappa shape index (κ1) is 19.6. The van der Waals surface area contributed by atoms with Gasteiger partial charge in [0.2, 0.25) is 5.91 Å². The van der Waals surface area contributed by atoms with Crippen LogP contribution in [-0.4, -0.2) is 26.3 Å². The number of aryl methyl sites for hydroxylation is 2. The summed E-state index contributed by atoms with van der Waals surface area (Å²) in [5.41, 5.74) is -0.104. The van der Waals surface area contributed by atoms with Gasteiger partial charge in [0.25, 0.3) is 0 Å². The van der Waals surface area contributed by atoms with Crippen LogP contribution in [0.1, 0.15) is 46.6 Å². The lowest BCUT2D eigenvalue weighted by Gasteiger charge is -2.08. The Morgan fingerprint density at radius 3 is 2.64 bits per heavy atom. The maximum Gasteiger partial charge on any atom is 0.417 e. The number of carbonyl (C=O) groups excluding carboxylic acids is 2. The molecule has 148 valence electrons. The number of pyridine rings is 1. The lowest BCUT2D eigenvalue weighted by Crippen LogP contribution is -2.24. The number of hydrogen-bond donors (Lipinski definition) is 1. The van der Waals surface area contributed by atoms with Gasteiger partial charge in [-0.15, -0.1) is 10.2 Å². The SMILES string of the molecule is CC(=O)c1cc(CCC(=O)NCc2nnc3ccc(C(F)(F)F)cn23)oc1C. The van der Waals surface area contributed by atoms with Crippen molar-refractivity contribution in [3.8, 4) is 0 Å². The van der Waals surface area contributed by atoms with E-state index in [0.29, 0.717) is 23.5 Å². The molecular formula is C18H17F3N4O3. The predicted octanol–water partition coefficient (Wildman–Crippen LogP) is 3.10. The number of Topliss-reactive ketones (excluding diaryl/α,β-unsaturated/α-hetero) is 1. The normalized spacial score (nSPS) is 11.8. The van der Waals surface area contributed by atoms with Gasteiger partial charge in [-0.1, -0.05) is 0 Å². The Kier molecular flexibility index (Phi) is 5.21. The number of hydrogen-bond acceptors (Lipinski definition) is 5. The summed E-state index contributed by atoms with van der Waals surface area (Å²) in [4.78, 5) is 23.5. The molecule has 3 heterocycles. The van der Waals surface area contributed by atoms with Gasteiger partial charge in [0, 0.05) is 19.0 Å². The zero-order chi connectivity index (χ0) is 20.5. The van der Waals surface area contributed by atoms with Crippen molar-refractivity contribution in [2.24, 2.45) is 0 Å². The highest BCUT2D eigenvalue weighted by Crippen LogP contribution is 2.29. The van der Waals surface area contributed by atoms with Gasteiger partial charge in [-0.2, -0.15) is 13.2 Å². The minimum Gasteiger partial charge on any atom is -0.466 e. The van der Waals surface area contributed by atoms with E-state index in [1.165, 1.54) is 17.4 Å². The van der Waals surface area contributed by atoms with Crippen molar-refractivity contribution in [1.29, 1.82) is 0 Å². The first-order chi connectivity index (χ1) is 13.1. The average molecular weight is 394 g/mol. The molecule has 0 bridgehead atoms. The van der Waals surface area contributed by atoms with Crippen LogP contribution in [0, 0.1) is 6.92 Å². The van der Waals surface area contributed by atoms with Crippen LogP contribution in [0.4, 0.5) is 13.2 Å². The van der Waals surface area contributed by atoms with Gasteiger partial charge in [-0.25, -0.2) is 0 Å². The third-order valence-corrected chi connectivity index (χ3v) is 4.19. The monoisotopic (exact) mass is 394 g/mol. The lowest BCUT2D eigenvalue weighted by atomic mass is 10.1. The van der Waals surface area contributed by atoms with Crippen LogP contribution in [0.25, 0.3) is 5.65 Å². The molecule has 10 heteroatoms. The second kappa shape index (κ2) is 7.45. The number of fused-ring (bicyclic) bond motifs is 1. The van der Waals surface area contributed by atoms with Gasteiger partial charge in [0.05, 0.1) is 17.7 Å². The largest absolute Gasteiger partial charge is 0.466 e. The summed E-state index contributed by atoms with van der Waals surface area (Å²) < 4.78 is 45.2. The maximum atomic E-state index is 12.9. The van der Waals surface area contributed by atoms with E-state index in [9.17, 15) is 22.8 Å². The van der Waals surface area contributed by atoms with Crippen LogP contribution in [0.2, 0.25) is 0 Å². The summed E-state index contributed by atoms with van der Waals surface area (Å²) in [6, 6.07) is 3.75. The molecule has 3 aromatic heterocycles. The number of nitrogens with one attached hydrogen (secondary N) is 1. The first-order valence-corrected chi connectivity index (χ1v) is 8.43. The third kappa shape index (κ3) is 4.21. The second-order valence-electron chi connectivity index (χ2n) is 6.28. The third-order valence-electron chi connectivity index (χ3n) is 4.19. The standard InChI is InChI=1S/C18H17F3N4O3/c1-10(26)14-7-13(28-11(14)2)4-6-17(27)22-8-16-24-23-15-5-3-12(9-25(15)16)18(19,20)21/h3,5,7,9H,4,6,8H2,1-2H3,(H,22,27). The summed E-state index contributed by atoms with van der Waals surface area (Å²) in [6.07, 6.45) is -3.21. The number of halogens is 3. The molecule has 0 aliphatic carbocycles. The van der Waals surface area contributed by atoms with E-state index in [2.05, 4.69) is 15.5 Å². The number of carbonyl (C=O) groups is 2. The Bertz CT molecular complexity index is 1040. The quantitative estimate of drug-likeness (QED) is 0.649. The molecule has 0 atom stereocenters. The molecule has 0 fully saturated rings. The summed E-state index contributed by atoms with van der Waals surface area (Å²) >= 11 is 0. The lowest BCUT2D eigenvalue weighted by molar-refractivity contribution is -0.137. The topological polar surface area (TPSA) is 89.5 Å². The molecule has 28 heavy (non-hydrogen) atoms. The molecule has 0 saturated carbocycles. The van der Waals surface area contributed by atoms with Crippen molar-refractivity contribution < 1.29 is 27.2 Å². The highest BCUT2D eigenvalue weighted by atomic mass is 19.4. The van der Waals surface area contributed by atoms with Crippen LogP contribution in [-0.2, 0) is 23.9 Å². The Labute approximate surface area is 157 Å². The highest BCUT2D eigenvalue weighted by molar-refractivity contribution is 5.95. The van der Waals surface area contributed by atoms with Gasteiger partial charge in [0.15, 0.2) is 17.3 Å². The molecule has 1 amide bonds. The van der Waals surface area contributed by atoms with Gasteiger partial charge in [0.1, 0.15) is 11.5 Å². The molecule has 0 aromatic carbocycles. The van der Waals surface area contributed by atoms with E-state index in [1.54, 1.807) is 13.0 Å². The Morgan fingerprint density at radius 1 is 1.25 bits per heavy atom. The number of aromatic nitrogens is 3. The van der Waals surface area contributed by atoms with Gasteiger partial charge in [-0.3, -0.25) is 14.0 Å². The van der Waals surface area contributed by atoms with Crippen LogP contribution >= 0.6 is 0 Å². The van der Waals surface area contributed by atoms with Crippen molar-refractivity contribution in [1.82, 2.24) is 19.9 Å². The van der Waals surface area contributed by atoms with Crippen molar-refractivity contribution in [3.05, 3.63) is 52.9 Å². The Morgan fingerprint density at radius 2 is 2.00 bits per heavy atom. The number of alkyl halides is 3. The molecule has 0 aliphatic heterocycles. The molecule has 0 aliphatic rings. The average Bonchev–Trinajstić information content (AvgIpc) is 3.20. The molecule has 7 nitrogen and oxygen atoms in total. The first-order valence-electron chi connectivity index (χ1n) is 8.43.